The van der Waals surface area contributed by atoms with Crippen LogP contribution in [0.3, 0.4) is 0 Å². The normalized spacial score (nSPS) is 9.50. The summed E-state index contributed by atoms with van der Waals surface area (Å²) in [7, 11) is 0. The molecule has 0 aliphatic rings. The second-order valence-corrected chi connectivity index (χ2v) is 4.41. The van der Waals surface area contributed by atoms with Crippen molar-refractivity contribution in [3.63, 3.8) is 0 Å². The Morgan fingerprint density at radius 1 is 1.62 bits per heavy atom. The Hall–Kier alpha value is -1.31. The lowest BCUT2D eigenvalue weighted by Crippen LogP contribution is -2.25. The number of rotatable bonds is 4. The van der Waals surface area contributed by atoms with E-state index in [0.717, 1.165) is 4.90 Å². The number of nitrogens with one attached hydrogen (secondary N) is 1. The van der Waals surface area contributed by atoms with Gasteiger partial charge < -0.3 is 11.1 Å². The lowest BCUT2D eigenvalue weighted by Gasteiger charge is -2.05. The molecule has 1 aromatic carbocycles. The van der Waals surface area contributed by atoms with Crippen molar-refractivity contribution in [1.29, 1.82) is 0 Å². The molecule has 16 heavy (non-hydrogen) atoms. The van der Waals surface area contributed by atoms with E-state index < -0.39 is 0 Å². The molecular weight excluding hydrogens is 244 g/mol. The van der Waals surface area contributed by atoms with E-state index in [1.54, 1.807) is 18.2 Å². The van der Waals surface area contributed by atoms with Crippen LogP contribution >= 0.6 is 23.4 Å². The van der Waals surface area contributed by atoms with E-state index in [1.807, 2.05) is 0 Å². The fourth-order valence-corrected chi connectivity index (χ4v) is 1.95. The summed E-state index contributed by atoms with van der Waals surface area (Å²) in [4.78, 5) is 12.1. The molecule has 0 heterocycles. The minimum Gasteiger partial charge on any atom is -0.398 e. The summed E-state index contributed by atoms with van der Waals surface area (Å²) >= 11 is 7.11. The average Bonchev–Trinajstić information content (AvgIpc) is 2.25. The zero-order chi connectivity index (χ0) is 12.0. The van der Waals surface area contributed by atoms with Gasteiger partial charge in [-0.15, -0.1) is 18.2 Å². The number of carbonyl (C=O) groups is 1. The van der Waals surface area contributed by atoms with Crippen molar-refractivity contribution < 1.29 is 4.79 Å². The van der Waals surface area contributed by atoms with Gasteiger partial charge in [0.1, 0.15) is 0 Å². The topological polar surface area (TPSA) is 55.1 Å². The summed E-state index contributed by atoms with van der Waals surface area (Å²) < 4.78 is 0. The smallest absolute Gasteiger partial charge is 0.231 e. The number of anilines is 1. The Labute approximate surface area is 104 Å². The number of amides is 1. The molecule has 0 aliphatic carbocycles. The number of terminal acetylenes is 1. The summed E-state index contributed by atoms with van der Waals surface area (Å²) in [6, 6.07) is 5.18. The third-order valence-electron chi connectivity index (χ3n) is 1.72. The van der Waals surface area contributed by atoms with Crippen LogP contribution in [0.1, 0.15) is 0 Å². The highest BCUT2D eigenvalue weighted by Gasteiger charge is 2.04. The van der Waals surface area contributed by atoms with E-state index in [2.05, 4.69) is 11.2 Å². The van der Waals surface area contributed by atoms with Crippen molar-refractivity contribution in [2.75, 3.05) is 18.0 Å². The quantitative estimate of drug-likeness (QED) is 0.489. The maximum absolute atomic E-state index is 11.3. The highest BCUT2D eigenvalue weighted by atomic mass is 35.5. The first-order valence-electron chi connectivity index (χ1n) is 4.51. The number of halogens is 1. The molecule has 84 valence electrons. The molecule has 1 aromatic rings. The van der Waals surface area contributed by atoms with Crippen LogP contribution in [0.4, 0.5) is 5.69 Å². The van der Waals surface area contributed by atoms with Crippen molar-refractivity contribution in [3.05, 3.63) is 23.2 Å². The standard InChI is InChI=1S/C11H11ClN2OS/c1-2-5-14-11(15)7-16-10-4-3-8(12)6-9(10)13/h1,3-4,6H,5,7,13H2,(H,14,15). The molecule has 5 heteroatoms. The van der Waals surface area contributed by atoms with E-state index >= 15 is 0 Å². The van der Waals surface area contributed by atoms with E-state index in [1.165, 1.54) is 11.8 Å². The van der Waals surface area contributed by atoms with Crippen molar-refractivity contribution in [1.82, 2.24) is 5.32 Å². The van der Waals surface area contributed by atoms with Crippen LogP contribution in [0, 0.1) is 12.3 Å². The van der Waals surface area contributed by atoms with Crippen LogP contribution in [-0.2, 0) is 4.79 Å². The Morgan fingerprint density at radius 2 is 2.38 bits per heavy atom. The first kappa shape index (κ1) is 12.8. The molecule has 0 saturated carbocycles. The molecule has 0 unspecified atom stereocenters. The lowest BCUT2D eigenvalue weighted by atomic mass is 10.3. The Bertz CT molecular complexity index is 428. The minimum absolute atomic E-state index is 0.114. The predicted molar refractivity (Wildman–Crippen MR) is 68.4 cm³/mol. The van der Waals surface area contributed by atoms with Gasteiger partial charge in [0.05, 0.1) is 12.3 Å². The van der Waals surface area contributed by atoms with Crippen LogP contribution < -0.4 is 11.1 Å². The van der Waals surface area contributed by atoms with Gasteiger partial charge in [-0.25, -0.2) is 0 Å². The zero-order valence-corrected chi connectivity index (χ0v) is 10.1. The SMILES string of the molecule is C#CCNC(=O)CSc1ccc(Cl)cc1N. The number of hydrogen-bond acceptors (Lipinski definition) is 3. The molecule has 0 aromatic heterocycles. The Kier molecular flexibility index (Phi) is 5.03. The number of benzene rings is 1. The summed E-state index contributed by atoms with van der Waals surface area (Å²) in [5.41, 5.74) is 6.31. The Morgan fingerprint density at radius 3 is 3.00 bits per heavy atom. The third-order valence-corrected chi connectivity index (χ3v) is 3.04. The van der Waals surface area contributed by atoms with Gasteiger partial charge in [-0.2, -0.15) is 0 Å². The molecule has 0 bridgehead atoms. The molecule has 0 aliphatic heterocycles. The molecule has 0 fully saturated rings. The molecule has 0 atom stereocenters. The molecule has 3 N–H and O–H groups in total. The molecule has 0 radical (unpaired) electrons. The second-order valence-electron chi connectivity index (χ2n) is 2.95. The second kappa shape index (κ2) is 6.31. The van der Waals surface area contributed by atoms with E-state index in [4.69, 9.17) is 23.8 Å². The number of nitrogens with two attached hydrogens (primary N) is 1. The summed E-state index contributed by atoms with van der Waals surface area (Å²) in [5, 5.41) is 3.15. The van der Waals surface area contributed by atoms with Crippen molar-refractivity contribution in [2.24, 2.45) is 0 Å². The first-order chi connectivity index (χ1) is 7.63. The van der Waals surface area contributed by atoms with Crippen LogP contribution in [0.5, 0.6) is 0 Å². The lowest BCUT2D eigenvalue weighted by molar-refractivity contribution is -0.118. The molecule has 1 rings (SSSR count). The zero-order valence-electron chi connectivity index (χ0n) is 8.50. The summed E-state index contributed by atoms with van der Waals surface area (Å²) in [6.07, 6.45) is 5.02. The molecule has 0 spiro atoms. The largest absolute Gasteiger partial charge is 0.398 e. The fraction of sp³-hybridized carbons (Fsp3) is 0.182. The van der Waals surface area contributed by atoms with E-state index in [9.17, 15) is 4.79 Å². The number of nitrogen functional groups attached to an aromatic ring is 1. The van der Waals surface area contributed by atoms with Gasteiger partial charge in [0.25, 0.3) is 0 Å². The monoisotopic (exact) mass is 254 g/mol. The third kappa shape index (κ3) is 4.05. The van der Waals surface area contributed by atoms with Gasteiger partial charge in [0.15, 0.2) is 0 Å². The molecular formula is C11H11ClN2OS. The average molecular weight is 255 g/mol. The van der Waals surface area contributed by atoms with Gasteiger partial charge in [0.2, 0.25) is 5.91 Å². The van der Waals surface area contributed by atoms with Crippen LogP contribution in [0.2, 0.25) is 5.02 Å². The van der Waals surface area contributed by atoms with Gasteiger partial charge in [-0.05, 0) is 18.2 Å². The predicted octanol–water partition coefficient (Wildman–Crippen LogP) is 1.76. The Balaban J connectivity index is 2.49. The van der Waals surface area contributed by atoms with Crippen molar-refractivity contribution in [2.45, 2.75) is 4.90 Å². The van der Waals surface area contributed by atoms with Gasteiger partial charge >= 0.3 is 0 Å². The minimum atomic E-state index is -0.114. The molecule has 0 saturated heterocycles. The van der Waals surface area contributed by atoms with Crippen molar-refractivity contribution >= 4 is 35.0 Å². The van der Waals surface area contributed by atoms with Crippen LogP contribution in [-0.4, -0.2) is 18.2 Å². The molecule has 1 amide bonds. The van der Waals surface area contributed by atoms with Gasteiger partial charge in [-0.1, -0.05) is 17.5 Å². The van der Waals surface area contributed by atoms with Gasteiger partial charge in [0, 0.05) is 15.6 Å². The summed E-state index contributed by atoms with van der Waals surface area (Å²) in [6.45, 7) is 0.246. The number of thioether (sulfide) groups is 1. The first-order valence-corrected chi connectivity index (χ1v) is 5.88. The van der Waals surface area contributed by atoms with Crippen molar-refractivity contribution in [3.8, 4) is 12.3 Å². The number of carbonyl (C=O) groups excluding carboxylic acids is 1. The maximum atomic E-state index is 11.3. The highest BCUT2D eigenvalue weighted by molar-refractivity contribution is 8.00. The number of hydrogen-bond donors (Lipinski definition) is 2. The van der Waals surface area contributed by atoms with E-state index in [0.29, 0.717) is 10.7 Å². The summed E-state index contributed by atoms with van der Waals surface area (Å²) in [5.74, 6) is 2.50. The van der Waals surface area contributed by atoms with Crippen LogP contribution in [0.15, 0.2) is 23.1 Å². The van der Waals surface area contributed by atoms with Gasteiger partial charge in [-0.3, -0.25) is 4.79 Å². The highest BCUT2D eigenvalue weighted by Crippen LogP contribution is 2.27. The maximum Gasteiger partial charge on any atom is 0.231 e. The van der Waals surface area contributed by atoms with Crippen LogP contribution in [0.25, 0.3) is 0 Å². The molecule has 3 nitrogen and oxygen atoms in total. The van der Waals surface area contributed by atoms with E-state index in [-0.39, 0.29) is 18.2 Å². The fourth-order valence-electron chi connectivity index (χ4n) is 0.995.